The summed E-state index contributed by atoms with van der Waals surface area (Å²) in [5.41, 5.74) is 5.68. The molecule has 1 amide bonds. The van der Waals surface area contributed by atoms with Gasteiger partial charge in [-0.25, -0.2) is 4.79 Å². The summed E-state index contributed by atoms with van der Waals surface area (Å²) in [5.74, 6) is -0.715. The van der Waals surface area contributed by atoms with E-state index in [-0.39, 0.29) is 29.7 Å². The summed E-state index contributed by atoms with van der Waals surface area (Å²) in [6, 6.07) is -0.707. The van der Waals surface area contributed by atoms with Crippen molar-refractivity contribution in [3.05, 3.63) is 0 Å². The molecular weight excluding hydrogens is 264 g/mol. The number of hydrogen-bond acceptors (Lipinski definition) is 4. The maximum atomic E-state index is 12.6. The minimum atomic E-state index is -0.918. The van der Waals surface area contributed by atoms with Crippen LogP contribution < -0.4 is 5.73 Å². The molecule has 3 atom stereocenters. The fourth-order valence-corrected chi connectivity index (χ4v) is 3.89. The van der Waals surface area contributed by atoms with Gasteiger partial charge in [-0.2, -0.15) is 0 Å². The van der Waals surface area contributed by atoms with Crippen molar-refractivity contribution in [1.29, 1.82) is 0 Å². The standard InChI is InChI=1S/C13H24N2O3S/c1-4-5-11-15(10(7-19-11)13(17)18)12(16)9(6-14)8(2)3/h8-11H,4-7,14H2,1-3H3,(H,17,18). The first kappa shape index (κ1) is 16.3. The largest absolute Gasteiger partial charge is 0.480 e. The monoisotopic (exact) mass is 288 g/mol. The Hall–Kier alpha value is -0.750. The number of nitrogens with zero attached hydrogens (tertiary/aromatic N) is 1. The Morgan fingerprint density at radius 2 is 2.11 bits per heavy atom. The fourth-order valence-electron chi connectivity index (χ4n) is 2.37. The fraction of sp³-hybridized carbons (Fsp3) is 0.846. The van der Waals surface area contributed by atoms with E-state index < -0.39 is 12.0 Å². The van der Waals surface area contributed by atoms with Crippen molar-refractivity contribution in [2.75, 3.05) is 12.3 Å². The number of thioether (sulfide) groups is 1. The Morgan fingerprint density at radius 3 is 2.53 bits per heavy atom. The van der Waals surface area contributed by atoms with Crippen LogP contribution >= 0.6 is 11.8 Å². The molecule has 1 aliphatic heterocycles. The van der Waals surface area contributed by atoms with Gasteiger partial charge in [0.15, 0.2) is 0 Å². The summed E-state index contributed by atoms with van der Waals surface area (Å²) < 4.78 is 0. The van der Waals surface area contributed by atoms with Crippen LogP contribution in [0.4, 0.5) is 0 Å². The number of aliphatic carboxylic acids is 1. The van der Waals surface area contributed by atoms with Crippen LogP contribution in [0.2, 0.25) is 0 Å². The second-order valence-corrected chi connectivity index (χ2v) is 6.47. The molecule has 1 rings (SSSR count). The Morgan fingerprint density at radius 1 is 1.47 bits per heavy atom. The summed E-state index contributed by atoms with van der Waals surface area (Å²) in [4.78, 5) is 25.5. The molecular formula is C13H24N2O3S. The summed E-state index contributed by atoms with van der Waals surface area (Å²) in [5, 5.41) is 9.25. The summed E-state index contributed by atoms with van der Waals surface area (Å²) >= 11 is 1.56. The molecule has 0 aromatic carbocycles. The minimum absolute atomic E-state index is 0.0219. The molecule has 0 bridgehead atoms. The molecule has 6 heteroatoms. The molecule has 110 valence electrons. The second-order valence-electron chi connectivity index (χ2n) is 5.26. The van der Waals surface area contributed by atoms with Gasteiger partial charge in [-0.3, -0.25) is 4.79 Å². The molecule has 0 spiro atoms. The molecule has 1 saturated heterocycles. The lowest BCUT2D eigenvalue weighted by molar-refractivity contribution is -0.151. The van der Waals surface area contributed by atoms with Gasteiger partial charge >= 0.3 is 5.97 Å². The van der Waals surface area contributed by atoms with Crippen LogP contribution in [0.5, 0.6) is 0 Å². The average Bonchev–Trinajstić information content (AvgIpc) is 2.73. The predicted molar refractivity (Wildman–Crippen MR) is 76.8 cm³/mol. The van der Waals surface area contributed by atoms with E-state index in [1.54, 1.807) is 16.7 Å². The van der Waals surface area contributed by atoms with E-state index in [1.807, 2.05) is 20.8 Å². The highest BCUT2D eigenvalue weighted by Crippen LogP contribution is 2.34. The van der Waals surface area contributed by atoms with Crippen LogP contribution in [0.15, 0.2) is 0 Å². The first-order valence-corrected chi connectivity index (χ1v) is 7.85. The Labute approximate surface area is 118 Å². The van der Waals surface area contributed by atoms with Crippen LogP contribution in [-0.4, -0.2) is 45.6 Å². The third-order valence-electron chi connectivity index (χ3n) is 3.54. The Kier molecular flexibility index (Phi) is 6.13. The lowest BCUT2D eigenvalue weighted by atomic mass is 9.93. The van der Waals surface area contributed by atoms with Gasteiger partial charge in [0.05, 0.1) is 11.3 Å². The SMILES string of the molecule is CCCC1SCC(C(=O)O)N1C(=O)C(CN)C(C)C. The van der Waals surface area contributed by atoms with E-state index >= 15 is 0 Å². The van der Waals surface area contributed by atoms with Crippen molar-refractivity contribution in [3.8, 4) is 0 Å². The minimum Gasteiger partial charge on any atom is -0.480 e. The molecule has 3 N–H and O–H groups in total. The van der Waals surface area contributed by atoms with Crippen LogP contribution in [0.25, 0.3) is 0 Å². The van der Waals surface area contributed by atoms with E-state index in [2.05, 4.69) is 0 Å². The molecule has 0 saturated carbocycles. The Bertz CT molecular complexity index is 336. The maximum absolute atomic E-state index is 12.6. The van der Waals surface area contributed by atoms with Gasteiger partial charge in [-0.05, 0) is 12.3 Å². The number of amides is 1. The topological polar surface area (TPSA) is 83.6 Å². The van der Waals surface area contributed by atoms with Gasteiger partial charge in [-0.15, -0.1) is 11.8 Å². The lowest BCUT2D eigenvalue weighted by Gasteiger charge is -2.32. The zero-order valence-electron chi connectivity index (χ0n) is 11.8. The van der Waals surface area contributed by atoms with E-state index in [1.165, 1.54) is 0 Å². The van der Waals surface area contributed by atoms with Gasteiger partial charge in [0.2, 0.25) is 5.91 Å². The molecule has 0 aromatic rings. The highest BCUT2D eigenvalue weighted by molar-refractivity contribution is 8.00. The Balaban J connectivity index is 2.94. The molecule has 0 aliphatic carbocycles. The first-order chi connectivity index (χ1) is 8.93. The number of carbonyl (C=O) groups excluding carboxylic acids is 1. The van der Waals surface area contributed by atoms with Crippen molar-refractivity contribution in [2.24, 2.45) is 17.6 Å². The average molecular weight is 288 g/mol. The number of hydrogen-bond donors (Lipinski definition) is 2. The van der Waals surface area contributed by atoms with Crippen molar-refractivity contribution < 1.29 is 14.7 Å². The van der Waals surface area contributed by atoms with E-state index in [0.29, 0.717) is 5.75 Å². The zero-order chi connectivity index (χ0) is 14.6. The van der Waals surface area contributed by atoms with Gasteiger partial charge in [0, 0.05) is 12.3 Å². The number of carboxylic acids is 1. The molecule has 3 unspecified atom stereocenters. The first-order valence-electron chi connectivity index (χ1n) is 6.80. The molecule has 5 nitrogen and oxygen atoms in total. The summed E-state index contributed by atoms with van der Waals surface area (Å²) in [7, 11) is 0. The molecule has 1 heterocycles. The third kappa shape index (κ3) is 3.63. The number of carboxylic acid groups (broad SMARTS) is 1. The van der Waals surface area contributed by atoms with Crippen molar-refractivity contribution in [2.45, 2.75) is 45.0 Å². The lowest BCUT2D eigenvalue weighted by Crippen LogP contribution is -2.50. The third-order valence-corrected chi connectivity index (χ3v) is 4.90. The summed E-state index contributed by atoms with van der Waals surface area (Å²) in [6.07, 6.45) is 1.76. The number of nitrogens with two attached hydrogens (primary N) is 1. The van der Waals surface area contributed by atoms with Crippen LogP contribution in [0, 0.1) is 11.8 Å². The van der Waals surface area contributed by atoms with Gasteiger partial charge < -0.3 is 15.7 Å². The van der Waals surface area contributed by atoms with Gasteiger partial charge in [0.1, 0.15) is 6.04 Å². The van der Waals surface area contributed by atoms with Gasteiger partial charge in [0.25, 0.3) is 0 Å². The maximum Gasteiger partial charge on any atom is 0.327 e. The molecule has 1 fully saturated rings. The molecule has 19 heavy (non-hydrogen) atoms. The van der Waals surface area contributed by atoms with Crippen LogP contribution in [0.3, 0.4) is 0 Å². The van der Waals surface area contributed by atoms with Crippen molar-refractivity contribution in [3.63, 3.8) is 0 Å². The van der Waals surface area contributed by atoms with E-state index in [9.17, 15) is 14.7 Å². The predicted octanol–water partition coefficient (Wildman–Crippen LogP) is 1.37. The van der Waals surface area contributed by atoms with Gasteiger partial charge in [-0.1, -0.05) is 27.2 Å². The smallest absolute Gasteiger partial charge is 0.327 e. The summed E-state index contributed by atoms with van der Waals surface area (Å²) in [6.45, 7) is 6.20. The molecule has 1 aliphatic rings. The normalized spacial score (nSPS) is 24.8. The highest BCUT2D eigenvalue weighted by Gasteiger charge is 2.43. The highest BCUT2D eigenvalue weighted by atomic mass is 32.2. The van der Waals surface area contributed by atoms with Crippen LogP contribution in [0.1, 0.15) is 33.6 Å². The van der Waals surface area contributed by atoms with Crippen molar-refractivity contribution >= 4 is 23.6 Å². The van der Waals surface area contributed by atoms with E-state index in [4.69, 9.17) is 5.73 Å². The van der Waals surface area contributed by atoms with Crippen LogP contribution in [-0.2, 0) is 9.59 Å². The zero-order valence-corrected chi connectivity index (χ0v) is 12.7. The van der Waals surface area contributed by atoms with Crippen molar-refractivity contribution in [1.82, 2.24) is 4.90 Å². The number of carbonyl (C=O) groups is 2. The molecule has 0 aromatic heterocycles. The molecule has 0 radical (unpaired) electrons. The number of rotatable bonds is 6. The quantitative estimate of drug-likeness (QED) is 0.771. The van der Waals surface area contributed by atoms with E-state index in [0.717, 1.165) is 12.8 Å². The second kappa shape index (κ2) is 7.14.